The lowest BCUT2D eigenvalue weighted by atomic mass is 9.75. The highest BCUT2D eigenvalue weighted by Crippen LogP contribution is 2.46. The van der Waals surface area contributed by atoms with Crippen LogP contribution in [0.5, 0.6) is 0 Å². The van der Waals surface area contributed by atoms with E-state index in [0.717, 1.165) is 70.6 Å². The second kappa shape index (κ2) is 10.9. The Morgan fingerprint density at radius 1 is 0.844 bits per heavy atom. The van der Waals surface area contributed by atoms with Crippen molar-refractivity contribution in [2.45, 2.75) is 115 Å². The van der Waals surface area contributed by atoms with Gasteiger partial charge in [-0.05, 0) is 68.6 Å². The number of carbonyl (C=O) groups is 2. The van der Waals surface area contributed by atoms with Crippen molar-refractivity contribution in [1.29, 1.82) is 0 Å². The molecule has 4 rings (SSSR count). The summed E-state index contributed by atoms with van der Waals surface area (Å²) < 4.78 is 17.4. The van der Waals surface area contributed by atoms with Crippen LogP contribution in [0.3, 0.4) is 0 Å². The number of fused-ring (bicyclic) bond motifs is 2. The highest BCUT2D eigenvalue weighted by atomic mass is 16.6. The van der Waals surface area contributed by atoms with E-state index < -0.39 is 5.97 Å². The summed E-state index contributed by atoms with van der Waals surface area (Å²) in [7, 11) is 0. The Hall–Kier alpha value is -1.14. The molecule has 2 saturated carbocycles. The summed E-state index contributed by atoms with van der Waals surface area (Å²) in [6, 6.07) is 0. The highest BCUT2D eigenvalue weighted by molar-refractivity contribution is 5.72. The fourth-order valence-electron chi connectivity index (χ4n) is 6.13. The molecule has 0 bridgehead atoms. The quantitative estimate of drug-likeness (QED) is 0.242. The molecule has 2 heterocycles. The molecule has 0 aromatic rings. The number of rotatable bonds is 13. The van der Waals surface area contributed by atoms with Gasteiger partial charge in [-0.3, -0.25) is 9.59 Å². The van der Waals surface area contributed by atoms with Gasteiger partial charge in [0.25, 0.3) is 0 Å². The van der Waals surface area contributed by atoms with Crippen molar-refractivity contribution in [2.75, 3.05) is 6.61 Å². The molecule has 0 aromatic carbocycles. The Bertz CT molecular complexity index is 650. The first-order valence-corrected chi connectivity index (χ1v) is 13.1. The van der Waals surface area contributed by atoms with Crippen LogP contribution in [0.4, 0.5) is 0 Å². The topological polar surface area (TPSA) is 88.7 Å². The molecule has 4 fully saturated rings. The third kappa shape index (κ3) is 6.69. The first-order valence-electron chi connectivity index (χ1n) is 13.1. The lowest BCUT2D eigenvalue weighted by Crippen LogP contribution is -2.31. The van der Waals surface area contributed by atoms with Gasteiger partial charge in [0, 0.05) is 6.42 Å². The Morgan fingerprint density at radius 3 is 2.09 bits per heavy atom. The summed E-state index contributed by atoms with van der Waals surface area (Å²) in [5, 5.41) is 8.76. The standard InChI is InChI=1S/C26H42O6/c1-16-10-21-23(31-21)13-19(16)12-18(8-6-4-3-5-7-9-25(27)28)26(29)30-15-20-14-24-22(32-24)11-17(20)2/h16-24H,3-15H2,1-2H3,(H,27,28). The van der Waals surface area contributed by atoms with Crippen molar-refractivity contribution in [2.24, 2.45) is 29.6 Å². The molecule has 0 radical (unpaired) electrons. The number of carboxylic acid groups (broad SMARTS) is 1. The number of hydrogen-bond acceptors (Lipinski definition) is 5. The molecule has 32 heavy (non-hydrogen) atoms. The van der Waals surface area contributed by atoms with Gasteiger partial charge in [-0.1, -0.05) is 39.5 Å². The minimum absolute atomic E-state index is 0.00652. The molecule has 6 nitrogen and oxygen atoms in total. The maximum atomic E-state index is 13.1. The third-order valence-electron chi connectivity index (χ3n) is 8.57. The van der Waals surface area contributed by atoms with Crippen molar-refractivity contribution in [3.8, 4) is 0 Å². The predicted molar refractivity (Wildman–Crippen MR) is 120 cm³/mol. The van der Waals surface area contributed by atoms with Gasteiger partial charge in [0.15, 0.2) is 0 Å². The number of esters is 1. The van der Waals surface area contributed by atoms with E-state index in [1.807, 2.05) is 0 Å². The Balaban J connectivity index is 1.23. The largest absolute Gasteiger partial charge is 0.481 e. The van der Waals surface area contributed by atoms with Gasteiger partial charge in [-0.2, -0.15) is 0 Å². The van der Waals surface area contributed by atoms with Gasteiger partial charge in [0.2, 0.25) is 0 Å². The van der Waals surface area contributed by atoms with Crippen molar-refractivity contribution in [1.82, 2.24) is 0 Å². The van der Waals surface area contributed by atoms with Crippen LogP contribution >= 0.6 is 0 Å². The van der Waals surface area contributed by atoms with E-state index in [2.05, 4.69) is 13.8 Å². The summed E-state index contributed by atoms with van der Waals surface area (Å²) in [4.78, 5) is 23.8. The Labute approximate surface area is 192 Å². The second-order valence-electron chi connectivity index (χ2n) is 11.1. The molecule has 9 unspecified atom stereocenters. The van der Waals surface area contributed by atoms with Crippen LogP contribution < -0.4 is 0 Å². The summed E-state index contributed by atoms with van der Waals surface area (Å²) in [6.45, 7) is 5.10. The van der Waals surface area contributed by atoms with E-state index in [1.54, 1.807) is 0 Å². The number of carbonyl (C=O) groups excluding carboxylic acids is 1. The zero-order valence-corrected chi connectivity index (χ0v) is 19.9. The molecule has 6 heteroatoms. The van der Waals surface area contributed by atoms with Gasteiger partial charge < -0.3 is 19.3 Å². The Kier molecular flexibility index (Phi) is 8.14. The first-order chi connectivity index (χ1) is 15.4. The van der Waals surface area contributed by atoms with E-state index >= 15 is 0 Å². The molecule has 2 saturated heterocycles. The van der Waals surface area contributed by atoms with Crippen LogP contribution in [0.1, 0.15) is 90.9 Å². The minimum Gasteiger partial charge on any atom is -0.481 e. The van der Waals surface area contributed by atoms with Crippen molar-refractivity contribution < 1.29 is 28.9 Å². The fourth-order valence-corrected chi connectivity index (χ4v) is 6.13. The van der Waals surface area contributed by atoms with Crippen molar-refractivity contribution in [3.05, 3.63) is 0 Å². The SMILES string of the molecule is CC1CC2OC2CC1COC(=O)C(CCCCCCCC(=O)O)CC1CC2OC2CC1C. The number of aliphatic carboxylic acids is 1. The number of hydrogen-bond donors (Lipinski definition) is 1. The van der Waals surface area contributed by atoms with Gasteiger partial charge in [-0.15, -0.1) is 0 Å². The lowest BCUT2D eigenvalue weighted by Gasteiger charge is -2.30. The molecule has 4 aliphatic rings. The van der Waals surface area contributed by atoms with Gasteiger partial charge in [0.1, 0.15) is 0 Å². The van der Waals surface area contributed by atoms with E-state index in [0.29, 0.717) is 54.7 Å². The monoisotopic (exact) mass is 450 g/mol. The molecule has 0 spiro atoms. The van der Waals surface area contributed by atoms with Crippen LogP contribution in [0.25, 0.3) is 0 Å². The molecular formula is C26H42O6. The summed E-state index contributed by atoms with van der Waals surface area (Å²) in [5.41, 5.74) is 0. The average molecular weight is 451 g/mol. The number of epoxide rings is 2. The fraction of sp³-hybridized carbons (Fsp3) is 0.923. The number of unbranched alkanes of at least 4 members (excludes halogenated alkanes) is 4. The third-order valence-corrected chi connectivity index (χ3v) is 8.57. The number of carboxylic acids is 1. The van der Waals surface area contributed by atoms with E-state index in [1.165, 1.54) is 0 Å². The summed E-state index contributed by atoms with van der Waals surface area (Å²) in [6.07, 6.45) is 12.9. The first kappa shape index (κ1) is 24.0. The molecule has 1 N–H and O–H groups in total. The zero-order valence-electron chi connectivity index (χ0n) is 19.9. The van der Waals surface area contributed by atoms with Crippen LogP contribution in [0.2, 0.25) is 0 Å². The van der Waals surface area contributed by atoms with E-state index in [-0.39, 0.29) is 18.3 Å². The normalized spacial score (nSPS) is 38.3. The van der Waals surface area contributed by atoms with Crippen LogP contribution in [-0.4, -0.2) is 48.1 Å². The van der Waals surface area contributed by atoms with Crippen molar-refractivity contribution in [3.63, 3.8) is 0 Å². The van der Waals surface area contributed by atoms with Crippen molar-refractivity contribution >= 4 is 11.9 Å². The van der Waals surface area contributed by atoms with E-state index in [4.69, 9.17) is 19.3 Å². The van der Waals surface area contributed by atoms with E-state index in [9.17, 15) is 9.59 Å². The maximum absolute atomic E-state index is 13.1. The molecule has 2 aliphatic carbocycles. The lowest BCUT2D eigenvalue weighted by molar-refractivity contribution is -0.152. The summed E-state index contributed by atoms with van der Waals surface area (Å²) >= 11 is 0. The number of ether oxygens (including phenoxy) is 3. The molecular weight excluding hydrogens is 408 g/mol. The smallest absolute Gasteiger partial charge is 0.308 e. The molecule has 2 aliphatic heterocycles. The van der Waals surface area contributed by atoms with Gasteiger partial charge in [0.05, 0.1) is 36.9 Å². The zero-order chi connectivity index (χ0) is 22.7. The minimum atomic E-state index is -0.715. The highest BCUT2D eigenvalue weighted by Gasteiger charge is 2.48. The molecule has 0 amide bonds. The van der Waals surface area contributed by atoms with Crippen LogP contribution in [-0.2, 0) is 23.8 Å². The summed E-state index contributed by atoms with van der Waals surface area (Å²) in [5.74, 6) is 1.37. The molecule has 9 atom stereocenters. The Morgan fingerprint density at radius 2 is 1.41 bits per heavy atom. The van der Waals surface area contributed by atoms with Gasteiger partial charge in [-0.25, -0.2) is 0 Å². The van der Waals surface area contributed by atoms with Crippen LogP contribution in [0.15, 0.2) is 0 Å². The molecule has 182 valence electrons. The molecule has 0 aromatic heterocycles. The maximum Gasteiger partial charge on any atom is 0.308 e. The van der Waals surface area contributed by atoms with Gasteiger partial charge >= 0.3 is 11.9 Å². The van der Waals surface area contributed by atoms with Crippen LogP contribution in [0, 0.1) is 29.6 Å². The average Bonchev–Trinajstić information content (AvgIpc) is 3.66. The predicted octanol–water partition coefficient (Wildman–Crippen LogP) is 4.98. The second-order valence-corrected chi connectivity index (χ2v) is 11.1.